The van der Waals surface area contributed by atoms with Crippen molar-refractivity contribution in [1.29, 1.82) is 0 Å². The van der Waals surface area contributed by atoms with Gasteiger partial charge in [0.1, 0.15) is 0 Å². The van der Waals surface area contributed by atoms with E-state index in [1.165, 1.54) is 10.9 Å². The minimum Gasteiger partial charge on any atom is -0.318 e. The molecule has 2 aromatic carbocycles. The van der Waals surface area contributed by atoms with Gasteiger partial charge in [0, 0.05) is 0 Å². The minimum absolute atomic E-state index is 0.0740. The summed E-state index contributed by atoms with van der Waals surface area (Å²) in [6, 6.07) is 11.0. The molecule has 0 radical (unpaired) electrons. The predicted molar refractivity (Wildman–Crippen MR) is 79.8 cm³/mol. The fraction of sp³-hybridized carbons (Fsp3) is 0.0625. The van der Waals surface area contributed by atoms with E-state index in [2.05, 4.69) is 15.6 Å². The van der Waals surface area contributed by atoms with E-state index >= 15 is 0 Å². The molecule has 0 aliphatic heterocycles. The highest BCUT2D eigenvalue weighted by atomic mass is 19.2. The topological polar surface area (TPSA) is 59.8 Å². The zero-order valence-corrected chi connectivity index (χ0v) is 12.2. The fourth-order valence-corrected chi connectivity index (χ4v) is 2.06. The van der Waals surface area contributed by atoms with Crippen molar-refractivity contribution in [2.45, 2.75) is 6.54 Å². The van der Waals surface area contributed by atoms with E-state index in [1.54, 1.807) is 0 Å². The number of amides is 1. The zero-order valence-electron chi connectivity index (χ0n) is 12.2. The van der Waals surface area contributed by atoms with Gasteiger partial charge in [-0.3, -0.25) is 4.79 Å². The lowest BCUT2D eigenvalue weighted by molar-refractivity contribution is 0.102. The Labute approximate surface area is 134 Å². The van der Waals surface area contributed by atoms with E-state index in [9.17, 15) is 18.0 Å². The number of aromatic nitrogens is 3. The van der Waals surface area contributed by atoms with Crippen molar-refractivity contribution in [3.05, 3.63) is 77.4 Å². The average Bonchev–Trinajstić information content (AvgIpc) is 3.05. The lowest BCUT2D eigenvalue weighted by Gasteiger charge is -2.05. The maximum atomic E-state index is 13.6. The lowest BCUT2D eigenvalue weighted by atomic mass is 10.2. The summed E-state index contributed by atoms with van der Waals surface area (Å²) >= 11 is 0. The van der Waals surface area contributed by atoms with E-state index in [0.29, 0.717) is 6.54 Å². The summed E-state index contributed by atoms with van der Waals surface area (Å²) in [6.45, 7) is 0.403. The Morgan fingerprint density at radius 2 is 1.79 bits per heavy atom. The Balaban J connectivity index is 1.73. The first kappa shape index (κ1) is 15.7. The molecule has 0 spiro atoms. The van der Waals surface area contributed by atoms with Gasteiger partial charge in [-0.25, -0.2) is 17.9 Å². The Kier molecular flexibility index (Phi) is 4.28. The van der Waals surface area contributed by atoms with Crippen molar-refractivity contribution in [2.24, 2.45) is 0 Å². The van der Waals surface area contributed by atoms with Gasteiger partial charge < -0.3 is 5.32 Å². The van der Waals surface area contributed by atoms with Crippen LogP contribution in [0.5, 0.6) is 0 Å². The highest BCUT2D eigenvalue weighted by molar-refractivity contribution is 6.02. The Hall–Kier alpha value is -3.16. The van der Waals surface area contributed by atoms with Gasteiger partial charge >= 0.3 is 0 Å². The first-order valence-electron chi connectivity index (χ1n) is 6.93. The molecule has 3 rings (SSSR count). The predicted octanol–water partition coefficient (Wildman–Crippen LogP) is 3.00. The quantitative estimate of drug-likeness (QED) is 0.747. The SMILES string of the molecule is O=C(Nc1ccc(F)c(F)c1F)c1cn(Cc2ccccc2)nn1. The fourth-order valence-electron chi connectivity index (χ4n) is 2.06. The van der Waals surface area contributed by atoms with Gasteiger partial charge in [0.15, 0.2) is 23.1 Å². The van der Waals surface area contributed by atoms with Gasteiger partial charge in [-0.1, -0.05) is 35.5 Å². The van der Waals surface area contributed by atoms with Gasteiger partial charge in [-0.05, 0) is 17.7 Å². The van der Waals surface area contributed by atoms with Crippen LogP contribution in [0.15, 0.2) is 48.7 Å². The van der Waals surface area contributed by atoms with Crippen molar-refractivity contribution in [3.63, 3.8) is 0 Å². The number of carbonyl (C=O) groups excluding carboxylic acids is 1. The average molecular weight is 332 g/mol. The number of benzene rings is 2. The number of hydrogen-bond acceptors (Lipinski definition) is 3. The highest BCUT2D eigenvalue weighted by Gasteiger charge is 2.17. The molecule has 0 fully saturated rings. The molecule has 0 atom stereocenters. The third kappa shape index (κ3) is 3.27. The van der Waals surface area contributed by atoms with Crippen molar-refractivity contribution in [2.75, 3.05) is 5.32 Å². The van der Waals surface area contributed by atoms with Crippen LogP contribution in [0, 0.1) is 17.5 Å². The molecule has 0 unspecified atom stereocenters. The number of nitrogens with zero attached hydrogens (tertiary/aromatic N) is 3. The van der Waals surface area contributed by atoms with Crippen LogP contribution in [-0.4, -0.2) is 20.9 Å². The van der Waals surface area contributed by atoms with Crippen molar-refractivity contribution in [3.8, 4) is 0 Å². The molecular formula is C16H11F3N4O. The van der Waals surface area contributed by atoms with Crippen LogP contribution >= 0.6 is 0 Å². The molecule has 5 nitrogen and oxygen atoms in total. The summed E-state index contributed by atoms with van der Waals surface area (Å²) < 4.78 is 41.0. The number of rotatable bonds is 4. The molecule has 0 saturated heterocycles. The standard InChI is InChI=1S/C16H11F3N4O/c17-11-6-7-12(15(19)14(11)18)20-16(24)13-9-23(22-21-13)8-10-4-2-1-3-5-10/h1-7,9H,8H2,(H,20,24). The van der Waals surface area contributed by atoms with Gasteiger partial charge in [0.2, 0.25) is 0 Å². The van der Waals surface area contributed by atoms with Gasteiger partial charge in [0.25, 0.3) is 5.91 Å². The summed E-state index contributed by atoms with van der Waals surface area (Å²) in [4.78, 5) is 12.0. The second kappa shape index (κ2) is 6.53. The zero-order chi connectivity index (χ0) is 17.1. The highest BCUT2D eigenvalue weighted by Crippen LogP contribution is 2.20. The van der Waals surface area contributed by atoms with E-state index < -0.39 is 29.0 Å². The molecule has 1 heterocycles. The molecule has 3 aromatic rings. The maximum Gasteiger partial charge on any atom is 0.277 e. The smallest absolute Gasteiger partial charge is 0.277 e. The summed E-state index contributed by atoms with van der Waals surface area (Å²) in [5, 5.41) is 9.63. The largest absolute Gasteiger partial charge is 0.318 e. The molecule has 1 aromatic heterocycles. The van der Waals surface area contributed by atoms with Crippen LogP contribution in [0.2, 0.25) is 0 Å². The van der Waals surface area contributed by atoms with Gasteiger partial charge in [-0.15, -0.1) is 5.10 Å². The Morgan fingerprint density at radius 1 is 1.04 bits per heavy atom. The Bertz CT molecular complexity index is 880. The molecule has 0 aliphatic carbocycles. The first-order valence-corrected chi connectivity index (χ1v) is 6.93. The third-order valence-electron chi connectivity index (χ3n) is 3.24. The van der Waals surface area contributed by atoms with E-state index in [4.69, 9.17) is 0 Å². The first-order chi connectivity index (χ1) is 11.5. The molecule has 8 heteroatoms. The van der Waals surface area contributed by atoms with Gasteiger partial charge in [0.05, 0.1) is 18.4 Å². The molecule has 0 aliphatic rings. The maximum absolute atomic E-state index is 13.6. The van der Waals surface area contributed by atoms with E-state index in [0.717, 1.165) is 17.7 Å². The summed E-state index contributed by atoms with van der Waals surface area (Å²) in [6.07, 6.45) is 1.38. The van der Waals surface area contributed by atoms with Crippen molar-refractivity contribution in [1.82, 2.24) is 15.0 Å². The van der Waals surface area contributed by atoms with Crippen LogP contribution in [0.25, 0.3) is 0 Å². The monoisotopic (exact) mass is 332 g/mol. The summed E-state index contributed by atoms with van der Waals surface area (Å²) in [5.41, 5.74) is 0.410. The minimum atomic E-state index is -1.65. The van der Waals surface area contributed by atoms with Crippen LogP contribution in [-0.2, 0) is 6.54 Å². The number of hydrogen-bond donors (Lipinski definition) is 1. The van der Waals surface area contributed by atoms with E-state index in [1.807, 2.05) is 30.3 Å². The molecule has 122 valence electrons. The number of halogens is 3. The van der Waals surface area contributed by atoms with E-state index in [-0.39, 0.29) is 5.69 Å². The molecule has 1 N–H and O–H groups in total. The second-order valence-electron chi connectivity index (χ2n) is 4.96. The normalized spacial score (nSPS) is 10.6. The number of carbonyl (C=O) groups is 1. The van der Waals surface area contributed by atoms with Crippen LogP contribution in [0.4, 0.5) is 18.9 Å². The molecule has 1 amide bonds. The Morgan fingerprint density at radius 3 is 2.54 bits per heavy atom. The van der Waals surface area contributed by atoms with Crippen molar-refractivity contribution < 1.29 is 18.0 Å². The van der Waals surface area contributed by atoms with Crippen molar-refractivity contribution >= 4 is 11.6 Å². The third-order valence-corrected chi connectivity index (χ3v) is 3.24. The molecule has 0 saturated carbocycles. The molecule has 0 bridgehead atoms. The number of nitrogens with one attached hydrogen (secondary N) is 1. The summed E-state index contributed by atoms with van der Waals surface area (Å²) in [5.74, 6) is -5.24. The summed E-state index contributed by atoms with van der Waals surface area (Å²) in [7, 11) is 0. The van der Waals surface area contributed by atoms with Crippen LogP contribution < -0.4 is 5.32 Å². The molecular weight excluding hydrogens is 321 g/mol. The van der Waals surface area contributed by atoms with Gasteiger partial charge in [-0.2, -0.15) is 0 Å². The lowest BCUT2D eigenvalue weighted by Crippen LogP contribution is -2.14. The van der Waals surface area contributed by atoms with Crippen LogP contribution in [0.1, 0.15) is 16.1 Å². The number of anilines is 1. The molecule has 24 heavy (non-hydrogen) atoms. The van der Waals surface area contributed by atoms with Crippen LogP contribution in [0.3, 0.4) is 0 Å². The second-order valence-corrected chi connectivity index (χ2v) is 4.96.